The summed E-state index contributed by atoms with van der Waals surface area (Å²) in [4.78, 5) is 25.9. The van der Waals surface area contributed by atoms with Crippen molar-refractivity contribution in [3.8, 4) is 0 Å². The molecule has 1 amide bonds. The number of amides is 1. The fraction of sp³-hybridized carbons (Fsp3) is 0.176. The predicted molar refractivity (Wildman–Crippen MR) is 82.6 cm³/mol. The fourth-order valence-electron chi connectivity index (χ4n) is 2.72. The lowest BCUT2D eigenvalue weighted by Gasteiger charge is -2.10. The molecule has 2 aromatic carbocycles. The van der Waals surface area contributed by atoms with Gasteiger partial charge in [-0.2, -0.15) is 0 Å². The van der Waals surface area contributed by atoms with Crippen LogP contribution < -0.4 is 10.6 Å². The van der Waals surface area contributed by atoms with Gasteiger partial charge in [-0.25, -0.2) is 0 Å². The van der Waals surface area contributed by atoms with Gasteiger partial charge in [-0.05, 0) is 54.4 Å². The molecular weight excluding hydrogens is 264 g/mol. The van der Waals surface area contributed by atoms with Gasteiger partial charge in [0.2, 0.25) is 5.91 Å². The number of nitrogen functional groups attached to an aromatic ring is 1. The maximum atomic E-state index is 12.6. The van der Waals surface area contributed by atoms with Crippen LogP contribution in [0.3, 0.4) is 0 Å². The number of carbonyl (C=O) groups is 2. The molecule has 2 N–H and O–H groups in total. The summed E-state index contributed by atoms with van der Waals surface area (Å²) in [6.07, 6.45) is 0.350. The Balaban J connectivity index is 2.00. The monoisotopic (exact) mass is 280 g/mol. The van der Waals surface area contributed by atoms with Crippen molar-refractivity contribution < 1.29 is 9.59 Å². The number of anilines is 2. The van der Waals surface area contributed by atoms with Crippen molar-refractivity contribution in [2.24, 2.45) is 0 Å². The minimum Gasteiger partial charge on any atom is -0.399 e. The van der Waals surface area contributed by atoms with Gasteiger partial charge < -0.3 is 10.6 Å². The van der Waals surface area contributed by atoms with Gasteiger partial charge in [0.1, 0.15) is 0 Å². The number of hydrogen-bond donors (Lipinski definition) is 1. The van der Waals surface area contributed by atoms with E-state index in [2.05, 4.69) is 0 Å². The van der Waals surface area contributed by atoms with Crippen LogP contribution in [0.15, 0.2) is 36.4 Å². The third kappa shape index (κ3) is 2.29. The Labute approximate surface area is 123 Å². The SMILES string of the molecule is Cc1cc(N)cc(C(=O)c2ccc3c(c2)CC(=O)N3C)c1. The molecule has 106 valence electrons. The van der Waals surface area contributed by atoms with Crippen molar-refractivity contribution in [1.29, 1.82) is 0 Å². The Morgan fingerprint density at radius 2 is 1.90 bits per heavy atom. The Kier molecular flexibility index (Phi) is 3.01. The van der Waals surface area contributed by atoms with Crippen LogP contribution in [0, 0.1) is 6.92 Å². The number of nitrogens with two attached hydrogens (primary N) is 1. The highest BCUT2D eigenvalue weighted by Gasteiger charge is 2.25. The average molecular weight is 280 g/mol. The van der Waals surface area contributed by atoms with E-state index in [4.69, 9.17) is 5.73 Å². The van der Waals surface area contributed by atoms with E-state index in [1.54, 1.807) is 30.1 Å². The van der Waals surface area contributed by atoms with E-state index in [9.17, 15) is 9.59 Å². The molecule has 4 nitrogen and oxygen atoms in total. The molecule has 3 rings (SSSR count). The van der Waals surface area contributed by atoms with Crippen molar-refractivity contribution in [1.82, 2.24) is 0 Å². The second-order valence-corrected chi connectivity index (χ2v) is 5.43. The van der Waals surface area contributed by atoms with E-state index in [0.717, 1.165) is 16.8 Å². The Morgan fingerprint density at radius 1 is 1.14 bits per heavy atom. The van der Waals surface area contributed by atoms with Crippen molar-refractivity contribution >= 4 is 23.1 Å². The Hall–Kier alpha value is -2.62. The van der Waals surface area contributed by atoms with Gasteiger partial charge in [0.25, 0.3) is 0 Å². The summed E-state index contributed by atoms with van der Waals surface area (Å²) in [6.45, 7) is 1.91. The molecule has 0 aliphatic carbocycles. The first-order valence-corrected chi connectivity index (χ1v) is 6.77. The highest BCUT2D eigenvalue weighted by molar-refractivity contribution is 6.11. The summed E-state index contributed by atoms with van der Waals surface area (Å²) in [5.74, 6) is -0.0235. The number of carbonyl (C=O) groups excluding carboxylic acids is 2. The maximum absolute atomic E-state index is 12.6. The van der Waals surface area contributed by atoms with E-state index < -0.39 is 0 Å². The normalized spacial score (nSPS) is 13.4. The van der Waals surface area contributed by atoms with Gasteiger partial charge in [0.15, 0.2) is 5.78 Å². The van der Waals surface area contributed by atoms with Gasteiger partial charge in [-0.1, -0.05) is 0 Å². The quantitative estimate of drug-likeness (QED) is 0.678. The van der Waals surface area contributed by atoms with Crippen LogP contribution in [0.1, 0.15) is 27.0 Å². The predicted octanol–water partition coefficient (Wildman–Crippen LogP) is 2.33. The number of rotatable bonds is 2. The van der Waals surface area contributed by atoms with E-state index in [-0.39, 0.29) is 11.7 Å². The van der Waals surface area contributed by atoms with Crippen LogP contribution in [0.25, 0.3) is 0 Å². The number of benzene rings is 2. The zero-order chi connectivity index (χ0) is 15.1. The number of hydrogen-bond acceptors (Lipinski definition) is 3. The minimum absolute atomic E-state index is 0.0504. The summed E-state index contributed by atoms with van der Waals surface area (Å²) >= 11 is 0. The van der Waals surface area contributed by atoms with Crippen molar-refractivity contribution in [3.63, 3.8) is 0 Å². The first-order valence-electron chi connectivity index (χ1n) is 6.77. The highest BCUT2D eigenvalue weighted by Crippen LogP contribution is 2.29. The zero-order valence-electron chi connectivity index (χ0n) is 12.0. The third-order valence-electron chi connectivity index (χ3n) is 3.78. The number of aryl methyl sites for hydroxylation is 1. The van der Waals surface area contributed by atoms with Crippen LogP contribution in [-0.2, 0) is 11.2 Å². The summed E-state index contributed by atoms with van der Waals surface area (Å²) in [5, 5.41) is 0. The largest absolute Gasteiger partial charge is 0.399 e. The van der Waals surface area contributed by atoms with Crippen molar-refractivity contribution in [2.75, 3.05) is 17.7 Å². The molecular formula is C17H16N2O2. The number of likely N-dealkylation sites (N-methyl/N-ethyl adjacent to an activating group) is 1. The molecule has 0 bridgehead atoms. The fourth-order valence-corrected chi connectivity index (χ4v) is 2.72. The van der Waals surface area contributed by atoms with Gasteiger partial charge in [-0.15, -0.1) is 0 Å². The molecule has 0 saturated heterocycles. The first-order chi connectivity index (χ1) is 9.95. The second-order valence-electron chi connectivity index (χ2n) is 5.43. The van der Waals surface area contributed by atoms with E-state index in [0.29, 0.717) is 23.2 Å². The van der Waals surface area contributed by atoms with Gasteiger partial charge in [-0.3, -0.25) is 9.59 Å². The number of ketones is 1. The molecule has 1 aliphatic heterocycles. The molecule has 0 radical (unpaired) electrons. The summed E-state index contributed by atoms with van der Waals surface area (Å²) in [5.41, 5.74) is 10.3. The summed E-state index contributed by atoms with van der Waals surface area (Å²) < 4.78 is 0. The lowest BCUT2D eigenvalue weighted by molar-refractivity contribution is -0.117. The molecule has 0 fully saturated rings. The smallest absolute Gasteiger partial charge is 0.231 e. The zero-order valence-corrected chi connectivity index (χ0v) is 12.0. The molecule has 0 spiro atoms. The summed E-state index contributed by atoms with van der Waals surface area (Å²) in [7, 11) is 1.75. The second kappa shape index (κ2) is 4.74. The highest BCUT2D eigenvalue weighted by atomic mass is 16.2. The van der Waals surface area contributed by atoms with E-state index in [1.165, 1.54) is 0 Å². The average Bonchev–Trinajstić information content (AvgIpc) is 2.71. The lowest BCUT2D eigenvalue weighted by atomic mass is 9.98. The Morgan fingerprint density at radius 3 is 2.62 bits per heavy atom. The molecule has 4 heteroatoms. The third-order valence-corrected chi connectivity index (χ3v) is 3.78. The topological polar surface area (TPSA) is 63.4 Å². The van der Waals surface area contributed by atoms with Crippen LogP contribution in [-0.4, -0.2) is 18.7 Å². The van der Waals surface area contributed by atoms with Gasteiger partial charge in [0, 0.05) is 29.5 Å². The maximum Gasteiger partial charge on any atom is 0.231 e. The first kappa shape index (κ1) is 13.4. The molecule has 1 aliphatic rings. The standard InChI is InChI=1S/C17H16N2O2/c1-10-5-13(8-14(18)6-10)17(21)11-3-4-15-12(7-11)9-16(20)19(15)2/h3-8H,9,18H2,1-2H3. The molecule has 0 aromatic heterocycles. The van der Waals surface area contributed by atoms with Crippen molar-refractivity contribution in [3.05, 3.63) is 58.7 Å². The molecule has 0 atom stereocenters. The van der Waals surface area contributed by atoms with Crippen LogP contribution in [0.5, 0.6) is 0 Å². The number of nitrogens with zero attached hydrogens (tertiary/aromatic N) is 1. The van der Waals surface area contributed by atoms with Gasteiger partial charge in [0.05, 0.1) is 6.42 Å². The molecule has 2 aromatic rings. The molecule has 21 heavy (non-hydrogen) atoms. The van der Waals surface area contributed by atoms with Crippen LogP contribution in [0.2, 0.25) is 0 Å². The van der Waals surface area contributed by atoms with Crippen LogP contribution >= 0.6 is 0 Å². The van der Waals surface area contributed by atoms with E-state index >= 15 is 0 Å². The summed E-state index contributed by atoms with van der Waals surface area (Å²) in [6, 6.07) is 10.7. The molecule has 0 saturated carbocycles. The van der Waals surface area contributed by atoms with E-state index in [1.807, 2.05) is 25.1 Å². The van der Waals surface area contributed by atoms with Crippen LogP contribution in [0.4, 0.5) is 11.4 Å². The minimum atomic E-state index is -0.0739. The van der Waals surface area contributed by atoms with Crippen molar-refractivity contribution in [2.45, 2.75) is 13.3 Å². The number of fused-ring (bicyclic) bond motifs is 1. The lowest BCUT2D eigenvalue weighted by Crippen LogP contribution is -2.20. The molecule has 0 unspecified atom stereocenters. The Bertz CT molecular complexity index is 745. The molecule has 1 heterocycles. The van der Waals surface area contributed by atoms with Gasteiger partial charge >= 0.3 is 0 Å².